The second-order valence-electron chi connectivity index (χ2n) is 4.36. The number of carbonyl (C=O) groups is 1. The van der Waals surface area contributed by atoms with Gasteiger partial charge in [0.05, 0.1) is 5.56 Å². The minimum atomic E-state index is -0.864. The van der Waals surface area contributed by atoms with E-state index in [0.717, 1.165) is 28.6 Å². The molecule has 19 heavy (non-hydrogen) atoms. The SMILES string of the molecule is CCSc1cccc(NCC(C)CSC)c1C(=O)O. The maximum Gasteiger partial charge on any atom is 0.338 e. The molecule has 0 aliphatic rings. The van der Waals surface area contributed by atoms with Crippen molar-refractivity contribution in [3.63, 3.8) is 0 Å². The van der Waals surface area contributed by atoms with Crippen molar-refractivity contribution < 1.29 is 9.90 Å². The lowest BCUT2D eigenvalue weighted by Gasteiger charge is -2.15. The Bertz CT molecular complexity index is 424. The van der Waals surface area contributed by atoms with E-state index in [1.165, 1.54) is 0 Å². The van der Waals surface area contributed by atoms with Gasteiger partial charge < -0.3 is 10.4 Å². The highest BCUT2D eigenvalue weighted by Gasteiger charge is 2.15. The zero-order valence-electron chi connectivity index (χ0n) is 11.6. The van der Waals surface area contributed by atoms with Gasteiger partial charge in [-0.05, 0) is 35.8 Å². The smallest absolute Gasteiger partial charge is 0.338 e. The fourth-order valence-corrected chi connectivity index (χ4v) is 3.32. The Labute approximate surface area is 123 Å². The molecule has 0 heterocycles. The summed E-state index contributed by atoms with van der Waals surface area (Å²) in [7, 11) is 0. The monoisotopic (exact) mass is 299 g/mol. The molecule has 1 aromatic carbocycles. The molecular weight excluding hydrogens is 278 g/mol. The van der Waals surface area contributed by atoms with Gasteiger partial charge in [0.1, 0.15) is 0 Å². The van der Waals surface area contributed by atoms with Gasteiger partial charge in [0.2, 0.25) is 0 Å². The van der Waals surface area contributed by atoms with Crippen molar-refractivity contribution in [3.8, 4) is 0 Å². The van der Waals surface area contributed by atoms with Gasteiger partial charge in [-0.3, -0.25) is 0 Å². The molecule has 1 aromatic rings. The quantitative estimate of drug-likeness (QED) is 0.713. The fourth-order valence-electron chi connectivity index (χ4n) is 1.80. The number of aromatic carboxylic acids is 1. The Morgan fingerprint density at radius 1 is 1.47 bits per heavy atom. The van der Waals surface area contributed by atoms with E-state index < -0.39 is 5.97 Å². The topological polar surface area (TPSA) is 49.3 Å². The first-order chi connectivity index (χ1) is 9.10. The van der Waals surface area contributed by atoms with Crippen LogP contribution in [0.4, 0.5) is 5.69 Å². The number of thioether (sulfide) groups is 2. The molecule has 0 saturated carbocycles. The van der Waals surface area contributed by atoms with Crippen LogP contribution < -0.4 is 5.32 Å². The molecule has 106 valence electrons. The molecule has 0 amide bonds. The molecule has 0 aliphatic heterocycles. The Hall–Kier alpha value is -0.810. The number of rotatable bonds is 8. The van der Waals surface area contributed by atoms with Crippen LogP contribution in [-0.2, 0) is 0 Å². The lowest BCUT2D eigenvalue weighted by atomic mass is 10.1. The molecule has 1 atom stereocenters. The molecule has 0 radical (unpaired) electrons. The summed E-state index contributed by atoms with van der Waals surface area (Å²) >= 11 is 3.37. The molecule has 2 N–H and O–H groups in total. The highest BCUT2D eigenvalue weighted by atomic mass is 32.2. The molecule has 5 heteroatoms. The van der Waals surface area contributed by atoms with E-state index in [2.05, 4.69) is 18.5 Å². The van der Waals surface area contributed by atoms with Crippen LogP contribution in [0.15, 0.2) is 23.1 Å². The van der Waals surface area contributed by atoms with Crippen molar-refractivity contribution in [2.24, 2.45) is 5.92 Å². The Kier molecular flexibility index (Phi) is 7.16. The second-order valence-corrected chi connectivity index (χ2v) is 6.57. The Morgan fingerprint density at radius 2 is 2.21 bits per heavy atom. The van der Waals surface area contributed by atoms with Crippen LogP contribution >= 0.6 is 23.5 Å². The van der Waals surface area contributed by atoms with E-state index in [9.17, 15) is 9.90 Å². The van der Waals surface area contributed by atoms with Crippen molar-refractivity contribution in [1.29, 1.82) is 0 Å². The largest absolute Gasteiger partial charge is 0.478 e. The summed E-state index contributed by atoms with van der Waals surface area (Å²) in [5, 5.41) is 12.7. The van der Waals surface area contributed by atoms with Gasteiger partial charge in [0, 0.05) is 17.1 Å². The van der Waals surface area contributed by atoms with Crippen molar-refractivity contribution in [2.75, 3.05) is 29.6 Å². The Morgan fingerprint density at radius 3 is 2.79 bits per heavy atom. The van der Waals surface area contributed by atoms with E-state index in [-0.39, 0.29) is 0 Å². The van der Waals surface area contributed by atoms with Crippen molar-refractivity contribution >= 4 is 35.2 Å². The summed E-state index contributed by atoms with van der Waals surface area (Å²) in [4.78, 5) is 12.3. The number of benzene rings is 1. The van der Waals surface area contributed by atoms with Crippen molar-refractivity contribution in [1.82, 2.24) is 0 Å². The number of carboxylic acid groups (broad SMARTS) is 1. The van der Waals surface area contributed by atoms with Gasteiger partial charge in [0.25, 0.3) is 0 Å². The van der Waals surface area contributed by atoms with Crippen LogP contribution in [0.3, 0.4) is 0 Å². The average molecular weight is 299 g/mol. The highest BCUT2D eigenvalue weighted by Crippen LogP contribution is 2.28. The van der Waals surface area contributed by atoms with E-state index in [4.69, 9.17) is 0 Å². The normalized spacial score (nSPS) is 12.2. The first-order valence-corrected chi connectivity index (χ1v) is 8.70. The maximum atomic E-state index is 11.4. The van der Waals surface area contributed by atoms with E-state index >= 15 is 0 Å². The minimum Gasteiger partial charge on any atom is -0.478 e. The number of anilines is 1. The molecule has 1 unspecified atom stereocenters. The summed E-state index contributed by atoms with van der Waals surface area (Å²) in [6, 6.07) is 5.62. The highest BCUT2D eigenvalue weighted by molar-refractivity contribution is 7.99. The second kappa shape index (κ2) is 8.38. The van der Waals surface area contributed by atoms with Crippen molar-refractivity contribution in [3.05, 3.63) is 23.8 Å². The van der Waals surface area contributed by atoms with E-state index in [0.29, 0.717) is 11.5 Å². The lowest BCUT2D eigenvalue weighted by molar-refractivity contribution is 0.0694. The van der Waals surface area contributed by atoms with Gasteiger partial charge in [0.15, 0.2) is 0 Å². The van der Waals surface area contributed by atoms with Crippen LogP contribution in [0, 0.1) is 5.92 Å². The molecule has 0 aromatic heterocycles. The molecule has 0 spiro atoms. The van der Waals surface area contributed by atoms with Gasteiger partial charge in [-0.25, -0.2) is 4.79 Å². The van der Waals surface area contributed by atoms with E-state index in [1.54, 1.807) is 23.5 Å². The van der Waals surface area contributed by atoms with Crippen LogP contribution in [0.5, 0.6) is 0 Å². The van der Waals surface area contributed by atoms with Crippen molar-refractivity contribution in [2.45, 2.75) is 18.7 Å². The molecular formula is C14H21NO2S2. The lowest BCUT2D eigenvalue weighted by Crippen LogP contribution is -2.15. The number of nitrogens with one attached hydrogen (secondary N) is 1. The molecule has 0 fully saturated rings. The molecule has 3 nitrogen and oxygen atoms in total. The molecule has 0 saturated heterocycles. The average Bonchev–Trinajstić information content (AvgIpc) is 2.37. The van der Waals surface area contributed by atoms with Crippen LogP contribution in [0.2, 0.25) is 0 Å². The van der Waals surface area contributed by atoms with Crippen LogP contribution in [-0.4, -0.2) is 35.4 Å². The zero-order chi connectivity index (χ0) is 14.3. The summed E-state index contributed by atoms with van der Waals surface area (Å²) in [5.41, 5.74) is 1.12. The van der Waals surface area contributed by atoms with E-state index in [1.807, 2.05) is 25.1 Å². The predicted molar refractivity (Wildman–Crippen MR) is 85.8 cm³/mol. The third-order valence-electron chi connectivity index (χ3n) is 2.63. The maximum absolute atomic E-state index is 11.4. The summed E-state index contributed by atoms with van der Waals surface area (Å²) < 4.78 is 0. The summed E-state index contributed by atoms with van der Waals surface area (Å²) in [6.07, 6.45) is 2.08. The van der Waals surface area contributed by atoms with Crippen LogP contribution in [0.25, 0.3) is 0 Å². The predicted octanol–water partition coefficient (Wildman–Crippen LogP) is 3.91. The minimum absolute atomic E-state index is 0.394. The fraction of sp³-hybridized carbons (Fsp3) is 0.500. The standard InChI is InChI=1S/C14H21NO2S2/c1-4-19-12-7-5-6-11(13(12)14(16)17)15-8-10(2)9-18-3/h5-7,10,15H,4,8-9H2,1-3H3,(H,16,17). The van der Waals surface area contributed by atoms with Gasteiger partial charge in [-0.1, -0.05) is 19.9 Å². The zero-order valence-corrected chi connectivity index (χ0v) is 13.2. The van der Waals surface area contributed by atoms with Gasteiger partial charge in [-0.2, -0.15) is 11.8 Å². The summed E-state index contributed by atoms with van der Waals surface area (Å²) in [5.74, 6) is 1.58. The number of hydrogen-bond acceptors (Lipinski definition) is 4. The van der Waals surface area contributed by atoms with Gasteiger partial charge in [-0.15, -0.1) is 11.8 Å². The number of carboxylic acids is 1. The first kappa shape index (κ1) is 16.2. The number of hydrogen-bond donors (Lipinski definition) is 2. The molecule has 0 aliphatic carbocycles. The summed E-state index contributed by atoms with van der Waals surface area (Å²) in [6.45, 7) is 4.98. The third-order valence-corrected chi connectivity index (χ3v) is 4.47. The Balaban J connectivity index is 2.87. The first-order valence-electron chi connectivity index (χ1n) is 6.32. The third kappa shape index (κ3) is 4.99. The van der Waals surface area contributed by atoms with Gasteiger partial charge >= 0.3 is 5.97 Å². The van der Waals surface area contributed by atoms with Crippen LogP contribution in [0.1, 0.15) is 24.2 Å². The molecule has 1 rings (SSSR count). The molecule has 0 bridgehead atoms.